The Balaban J connectivity index is 1.82. The van der Waals surface area contributed by atoms with Gasteiger partial charge in [-0.3, -0.25) is 0 Å². The number of ether oxygens (including phenoxy) is 1. The minimum atomic E-state index is -4.88. The number of piperidine rings is 1. The summed E-state index contributed by atoms with van der Waals surface area (Å²) in [6.45, 7) is 2.46. The molecule has 1 heterocycles. The lowest BCUT2D eigenvalue weighted by Crippen LogP contribution is -2.27. The third kappa shape index (κ3) is 5.44. The van der Waals surface area contributed by atoms with Crippen molar-refractivity contribution in [3.8, 4) is 5.75 Å². The maximum Gasteiger partial charge on any atom is 0.416 e. The molecule has 1 aliphatic rings. The quantitative estimate of drug-likeness (QED) is 0.579. The number of hydrogen-bond acceptors (Lipinski definition) is 2. The Morgan fingerprint density at radius 2 is 1.59 bits per heavy atom. The average molecular weight is 417 g/mol. The van der Waals surface area contributed by atoms with E-state index in [1.54, 1.807) is 12.1 Å². The molecule has 0 aromatic heterocycles. The van der Waals surface area contributed by atoms with Crippen LogP contribution < -0.4 is 10.1 Å². The van der Waals surface area contributed by atoms with E-state index in [1.807, 2.05) is 13.0 Å². The summed E-state index contributed by atoms with van der Waals surface area (Å²) in [6, 6.07) is 6.96. The van der Waals surface area contributed by atoms with E-state index in [4.69, 9.17) is 4.74 Å². The zero-order chi connectivity index (χ0) is 21.2. The highest BCUT2D eigenvalue weighted by Crippen LogP contribution is 2.36. The highest BCUT2D eigenvalue weighted by Gasteiger charge is 2.36. The lowest BCUT2D eigenvalue weighted by molar-refractivity contribution is -0.143. The molecule has 2 aromatic carbocycles. The molecule has 0 aliphatic carbocycles. The molecule has 1 saturated heterocycles. The van der Waals surface area contributed by atoms with E-state index in [2.05, 4.69) is 5.32 Å². The van der Waals surface area contributed by atoms with Crippen molar-refractivity contribution in [2.45, 2.75) is 51.2 Å². The highest BCUT2D eigenvalue weighted by molar-refractivity contribution is 5.38. The zero-order valence-corrected chi connectivity index (χ0v) is 15.8. The average Bonchev–Trinajstić information content (AvgIpc) is 2.66. The molecule has 2 aromatic rings. The van der Waals surface area contributed by atoms with Crippen LogP contribution in [-0.4, -0.2) is 6.54 Å². The normalized spacial score (nSPS) is 18.0. The van der Waals surface area contributed by atoms with Gasteiger partial charge in [0.1, 0.15) is 12.4 Å². The molecular formula is C21H21F6NO. The topological polar surface area (TPSA) is 21.3 Å². The standard InChI is InChI=1S/C21H21F6NO/c1-13-5-6-17(11-18(13)19-4-2-3-7-28-19)29-12-14-8-15(20(22,23)24)10-16(9-14)21(25,26)27/h5-6,8-11,19,28H,2-4,7,12H2,1H3. The van der Waals surface area contributed by atoms with Gasteiger partial charge in [-0.05, 0) is 73.3 Å². The van der Waals surface area contributed by atoms with Crippen molar-refractivity contribution >= 4 is 0 Å². The van der Waals surface area contributed by atoms with E-state index in [9.17, 15) is 26.3 Å². The van der Waals surface area contributed by atoms with Crippen LogP contribution in [0.15, 0.2) is 36.4 Å². The number of hydrogen-bond donors (Lipinski definition) is 1. The third-order valence-corrected chi connectivity index (χ3v) is 4.99. The van der Waals surface area contributed by atoms with E-state index in [-0.39, 0.29) is 17.7 Å². The fraction of sp³-hybridized carbons (Fsp3) is 0.429. The molecule has 3 rings (SSSR count). The summed E-state index contributed by atoms with van der Waals surface area (Å²) in [5.74, 6) is 0.406. The van der Waals surface area contributed by atoms with E-state index < -0.39 is 30.1 Å². The zero-order valence-electron chi connectivity index (χ0n) is 15.8. The van der Waals surface area contributed by atoms with Gasteiger partial charge in [0.25, 0.3) is 0 Å². The van der Waals surface area contributed by atoms with E-state index >= 15 is 0 Å². The van der Waals surface area contributed by atoms with Crippen LogP contribution in [0.3, 0.4) is 0 Å². The van der Waals surface area contributed by atoms with Gasteiger partial charge in [0.05, 0.1) is 11.1 Å². The van der Waals surface area contributed by atoms with E-state index in [0.29, 0.717) is 17.9 Å². The monoisotopic (exact) mass is 417 g/mol. The maximum absolute atomic E-state index is 13.0. The molecule has 2 nitrogen and oxygen atoms in total. The molecule has 1 fully saturated rings. The van der Waals surface area contributed by atoms with Gasteiger partial charge < -0.3 is 10.1 Å². The second-order valence-electron chi connectivity index (χ2n) is 7.22. The molecule has 29 heavy (non-hydrogen) atoms. The van der Waals surface area contributed by atoms with Gasteiger partial charge in [0.2, 0.25) is 0 Å². The van der Waals surface area contributed by atoms with Crippen LogP contribution in [-0.2, 0) is 19.0 Å². The highest BCUT2D eigenvalue weighted by atomic mass is 19.4. The number of halogens is 6. The molecule has 0 bridgehead atoms. The number of aryl methyl sites for hydroxylation is 1. The van der Waals surface area contributed by atoms with Crippen LogP contribution in [0.25, 0.3) is 0 Å². The van der Waals surface area contributed by atoms with Crippen molar-refractivity contribution in [2.24, 2.45) is 0 Å². The fourth-order valence-electron chi connectivity index (χ4n) is 3.47. The summed E-state index contributed by atoms with van der Waals surface area (Å²) in [4.78, 5) is 0. The van der Waals surface area contributed by atoms with Crippen LogP contribution in [0, 0.1) is 6.92 Å². The van der Waals surface area contributed by atoms with Gasteiger partial charge in [-0.15, -0.1) is 0 Å². The molecule has 1 atom stereocenters. The SMILES string of the molecule is Cc1ccc(OCc2cc(C(F)(F)F)cc(C(F)(F)F)c2)cc1C1CCCCN1. The summed E-state index contributed by atoms with van der Waals surface area (Å²) in [7, 11) is 0. The molecule has 158 valence electrons. The molecule has 1 aliphatic heterocycles. The summed E-state index contributed by atoms with van der Waals surface area (Å²) in [5, 5.41) is 3.42. The van der Waals surface area contributed by atoms with Gasteiger partial charge in [0.15, 0.2) is 0 Å². The Hall–Kier alpha value is -2.22. The van der Waals surface area contributed by atoms with Gasteiger partial charge in [0, 0.05) is 6.04 Å². The molecule has 8 heteroatoms. The van der Waals surface area contributed by atoms with E-state index in [1.165, 1.54) is 0 Å². The summed E-state index contributed by atoms with van der Waals surface area (Å²) < 4.78 is 83.5. The Kier molecular flexibility index (Phi) is 6.12. The first-order valence-electron chi connectivity index (χ1n) is 9.29. The second kappa shape index (κ2) is 8.26. The van der Waals surface area contributed by atoms with Gasteiger partial charge in [-0.25, -0.2) is 0 Å². The largest absolute Gasteiger partial charge is 0.489 e. The van der Waals surface area contributed by atoms with Gasteiger partial charge in [-0.2, -0.15) is 26.3 Å². The van der Waals surface area contributed by atoms with Crippen LogP contribution in [0.2, 0.25) is 0 Å². The second-order valence-corrected chi connectivity index (χ2v) is 7.22. The van der Waals surface area contributed by atoms with Gasteiger partial charge >= 0.3 is 12.4 Å². The number of nitrogens with one attached hydrogen (secondary N) is 1. The van der Waals surface area contributed by atoms with Gasteiger partial charge in [-0.1, -0.05) is 12.5 Å². The number of rotatable bonds is 4. The lowest BCUT2D eigenvalue weighted by atomic mass is 9.94. The predicted octanol–water partition coefficient (Wildman–Crippen LogP) is 6.43. The molecule has 0 radical (unpaired) electrons. The predicted molar refractivity (Wildman–Crippen MR) is 96.6 cm³/mol. The van der Waals surface area contributed by atoms with E-state index in [0.717, 1.165) is 36.9 Å². The van der Waals surface area contributed by atoms with Crippen LogP contribution in [0.5, 0.6) is 5.75 Å². The fourth-order valence-corrected chi connectivity index (χ4v) is 3.47. The summed E-state index contributed by atoms with van der Waals surface area (Å²) in [5.41, 5.74) is -0.800. The molecule has 0 spiro atoms. The smallest absolute Gasteiger partial charge is 0.416 e. The Bertz CT molecular complexity index is 821. The first kappa shape index (κ1) is 21.5. The molecular weight excluding hydrogens is 396 g/mol. The molecule has 0 saturated carbocycles. The molecule has 1 unspecified atom stereocenters. The van der Waals surface area contributed by atoms with Crippen molar-refractivity contribution in [1.82, 2.24) is 5.32 Å². The lowest BCUT2D eigenvalue weighted by Gasteiger charge is -2.25. The minimum absolute atomic E-state index is 0.113. The summed E-state index contributed by atoms with van der Waals surface area (Å²) >= 11 is 0. The van der Waals surface area contributed by atoms with Crippen molar-refractivity contribution < 1.29 is 31.1 Å². The number of benzene rings is 2. The van der Waals surface area contributed by atoms with Crippen LogP contribution >= 0.6 is 0 Å². The van der Waals surface area contributed by atoms with Crippen molar-refractivity contribution in [3.63, 3.8) is 0 Å². The van der Waals surface area contributed by atoms with Crippen LogP contribution in [0.4, 0.5) is 26.3 Å². The molecule has 0 amide bonds. The third-order valence-electron chi connectivity index (χ3n) is 4.99. The Labute approximate surface area is 164 Å². The van der Waals surface area contributed by atoms with Crippen LogP contribution in [0.1, 0.15) is 53.1 Å². The minimum Gasteiger partial charge on any atom is -0.489 e. The summed E-state index contributed by atoms with van der Waals surface area (Å²) in [6.07, 6.45) is -6.60. The van der Waals surface area contributed by atoms with Crippen molar-refractivity contribution in [3.05, 3.63) is 64.2 Å². The Morgan fingerprint density at radius 3 is 2.14 bits per heavy atom. The number of alkyl halides is 6. The first-order chi connectivity index (χ1) is 13.5. The first-order valence-corrected chi connectivity index (χ1v) is 9.29. The molecule has 1 N–H and O–H groups in total. The van der Waals surface area contributed by atoms with Crippen molar-refractivity contribution in [1.29, 1.82) is 0 Å². The maximum atomic E-state index is 13.0. The van der Waals surface area contributed by atoms with Crippen molar-refractivity contribution in [2.75, 3.05) is 6.54 Å². The Morgan fingerprint density at radius 1 is 0.931 bits per heavy atom.